The summed E-state index contributed by atoms with van der Waals surface area (Å²) in [5.74, 6) is -1.00. The Labute approximate surface area is 181 Å². The molecule has 2 rings (SSSR count). The fourth-order valence-corrected chi connectivity index (χ4v) is 3.72. The van der Waals surface area contributed by atoms with Crippen molar-refractivity contribution in [3.63, 3.8) is 0 Å². The normalized spacial score (nSPS) is 11.7. The Balaban J connectivity index is 0. The van der Waals surface area contributed by atoms with E-state index in [0.29, 0.717) is 12.8 Å². The van der Waals surface area contributed by atoms with Crippen molar-refractivity contribution >= 4 is 34.6 Å². The van der Waals surface area contributed by atoms with Crippen molar-refractivity contribution in [1.82, 2.24) is 0 Å². The molecular weight excluding hydrogens is 379 g/mol. The van der Waals surface area contributed by atoms with Crippen LogP contribution in [0.15, 0.2) is 33.7 Å². The van der Waals surface area contributed by atoms with E-state index in [2.05, 4.69) is 11.4 Å². The van der Waals surface area contributed by atoms with Gasteiger partial charge < -0.3 is 15.3 Å². The van der Waals surface area contributed by atoms with Crippen molar-refractivity contribution < 1.29 is 43.8 Å². The van der Waals surface area contributed by atoms with Crippen LogP contribution in [0.5, 0.6) is 0 Å². The van der Waals surface area contributed by atoms with Crippen molar-refractivity contribution in [2.45, 2.75) is 39.5 Å². The summed E-state index contributed by atoms with van der Waals surface area (Å²) < 4.78 is 4.72. The molecule has 0 bridgehead atoms. The Bertz CT molecular complexity index is 614. The smallest absolute Gasteiger partial charge is 0.870 e. The second-order valence-corrected chi connectivity index (χ2v) is 7.30. The number of rotatable bonds is 8. The third-order valence-corrected chi connectivity index (χ3v) is 5.46. The summed E-state index contributed by atoms with van der Waals surface area (Å²) in [5, 5.41) is 16.9. The molecule has 0 aromatic carbocycles. The standard InChI is InChI=1S/C10H14O2S.C9H12O2S.Li.H2O/c1-3-9(10(11)12-2)6-8-4-5-13-7-8;1-2-8(9(10)11)5-7-3-4-12-6-7;;/h4-5,7,9H,3,6H2,1-2H3;3-4,6,8H,2,5H2,1H3,(H,10,11);;1H2/q;;+1;/p-1. The molecule has 5 nitrogen and oxygen atoms in total. The second kappa shape index (κ2) is 15.9. The largest absolute Gasteiger partial charge is 1.00 e. The monoisotopic (exact) mass is 406 g/mol. The molecule has 2 heterocycles. The summed E-state index contributed by atoms with van der Waals surface area (Å²) in [4.78, 5) is 21.9. The zero-order chi connectivity index (χ0) is 18.7. The van der Waals surface area contributed by atoms with Crippen LogP contribution >= 0.6 is 22.7 Å². The summed E-state index contributed by atoms with van der Waals surface area (Å²) in [7, 11) is 1.44. The summed E-state index contributed by atoms with van der Waals surface area (Å²) in [6, 6.07) is 4.03. The van der Waals surface area contributed by atoms with Crippen LogP contribution in [0.1, 0.15) is 37.8 Å². The average molecular weight is 406 g/mol. The maximum atomic E-state index is 11.3. The third kappa shape index (κ3) is 10.7. The molecule has 0 amide bonds. The van der Waals surface area contributed by atoms with Gasteiger partial charge in [-0.2, -0.15) is 22.7 Å². The number of carboxylic acids is 1. The van der Waals surface area contributed by atoms with Gasteiger partial charge in [0.25, 0.3) is 0 Å². The van der Waals surface area contributed by atoms with Gasteiger partial charge in [0, 0.05) is 0 Å². The van der Waals surface area contributed by atoms with E-state index in [0.717, 1.165) is 18.4 Å². The number of ether oxygens (including phenoxy) is 1. The van der Waals surface area contributed by atoms with E-state index in [1.807, 2.05) is 36.1 Å². The summed E-state index contributed by atoms with van der Waals surface area (Å²) >= 11 is 3.27. The number of carboxylic acid groups (broad SMARTS) is 1. The first-order valence-electron chi connectivity index (χ1n) is 8.34. The minimum absolute atomic E-state index is 0. The molecule has 0 spiro atoms. The molecule has 0 aliphatic heterocycles. The summed E-state index contributed by atoms with van der Waals surface area (Å²) in [6.45, 7) is 3.92. The maximum Gasteiger partial charge on any atom is 1.00 e. The molecule has 0 fully saturated rings. The predicted molar refractivity (Wildman–Crippen MR) is 105 cm³/mol. The zero-order valence-electron chi connectivity index (χ0n) is 16.4. The molecule has 27 heavy (non-hydrogen) atoms. The van der Waals surface area contributed by atoms with Crippen molar-refractivity contribution in [3.05, 3.63) is 44.8 Å². The van der Waals surface area contributed by atoms with E-state index in [-0.39, 0.29) is 42.1 Å². The van der Waals surface area contributed by atoms with Crippen molar-refractivity contribution in [1.29, 1.82) is 0 Å². The SMILES string of the molecule is CCC(Cc1ccsc1)C(=O)O.CCC(Cc1ccsc1)C(=O)OC.[Li+].[OH-]. The Morgan fingerprint density at radius 1 is 1.00 bits per heavy atom. The number of carbonyl (C=O) groups excluding carboxylic acids is 1. The first-order valence-corrected chi connectivity index (χ1v) is 10.2. The average Bonchev–Trinajstić information content (AvgIpc) is 3.30. The van der Waals surface area contributed by atoms with Crippen molar-refractivity contribution in [3.8, 4) is 0 Å². The van der Waals surface area contributed by atoms with Crippen LogP contribution in [0.3, 0.4) is 0 Å². The number of aliphatic carboxylic acids is 1. The number of hydrogen-bond acceptors (Lipinski definition) is 6. The van der Waals surface area contributed by atoms with Gasteiger partial charge in [-0.25, -0.2) is 0 Å². The molecule has 8 heteroatoms. The van der Waals surface area contributed by atoms with Gasteiger partial charge in [-0.3, -0.25) is 9.59 Å². The molecule has 0 radical (unpaired) electrons. The van der Waals surface area contributed by atoms with E-state index < -0.39 is 5.97 Å². The number of hydrogen-bond donors (Lipinski definition) is 1. The maximum absolute atomic E-state index is 11.3. The van der Waals surface area contributed by atoms with Crippen molar-refractivity contribution in [2.75, 3.05) is 7.11 Å². The van der Waals surface area contributed by atoms with Gasteiger partial charge in [-0.15, -0.1) is 0 Å². The minimum Gasteiger partial charge on any atom is -0.870 e. The van der Waals surface area contributed by atoms with E-state index >= 15 is 0 Å². The molecule has 2 unspecified atom stereocenters. The molecule has 2 aromatic rings. The second-order valence-electron chi connectivity index (χ2n) is 5.74. The molecule has 2 N–H and O–H groups in total. The minimum atomic E-state index is -0.691. The fourth-order valence-electron chi connectivity index (χ4n) is 2.35. The van der Waals surface area contributed by atoms with Gasteiger partial charge in [0.15, 0.2) is 0 Å². The Morgan fingerprint density at radius 3 is 1.74 bits per heavy atom. The molecule has 2 aromatic heterocycles. The molecule has 0 saturated carbocycles. The van der Waals surface area contributed by atoms with Gasteiger partial charge in [0.05, 0.1) is 18.9 Å². The van der Waals surface area contributed by atoms with Crippen LogP contribution in [-0.4, -0.2) is 29.6 Å². The Hall–Kier alpha value is -1.10. The quantitative estimate of drug-likeness (QED) is 0.532. The molecule has 0 aliphatic rings. The number of carbonyl (C=O) groups is 2. The van der Waals surface area contributed by atoms with Crippen LogP contribution in [0.4, 0.5) is 0 Å². The first kappa shape index (κ1) is 28.1. The first-order chi connectivity index (χ1) is 12.0. The van der Waals surface area contributed by atoms with Gasteiger partial charge in [-0.05, 0) is 70.5 Å². The Morgan fingerprint density at radius 2 is 1.44 bits per heavy atom. The van der Waals surface area contributed by atoms with Crippen LogP contribution in [0.2, 0.25) is 0 Å². The summed E-state index contributed by atoms with van der Waals surface area (Å²) in [6.07, 6.45) is 3.00. The van der Waals surface area contributed by atoms with Gasteiger partial charge in [-0.1, -0.05) is 13.8 Å². The number of esters is 1. The van der Waals surface area contributed by atoms with E-state index in [4.69, 9.17) is 9.84 Å². The van der Waals surface area contributed by atoms with Crippen LogP contribution < -0.4 is 18.9 Å². The van der Waals surface area contributed by atoms with Crippen molar-refractivity contribution in [2.24, 2.45) is 11.8 Å². The van der Waals surface area contributed by atoms with Gasteiger partial charge in [0.1, 0.15) is 0 Å². The molecule has 0 aliphatic carbocycles. The number of thiophene rings is 2. The van der Waals surface area contributed by atoms with E-state index in [1.165, 1.54) is 12.7 Å². The molecule has 2 atom stereocenters. The van der Waals surface area contributed by atoms with Crippen LogP contribution in [0.25, 0.3) is 0 Å². The third-order valence-electron chi connectivity index (χ3n) is 3.99. The molecule has 146 valence electrons. The van der Waals surface area contributed by atoms with E-state index in [9.17, 15) is 9.59 Å². The topological polar surface area (TPSA) is 93.6 Å². The Kier molecular flexibility index (Phi) is 16.6. The van der Waals surface area contributed by atoms with E-state index in [1.54, 1.807) is 22.7 Å². The predicted octanol–water partition coefficient (Wildman–Crippen LogP) is 1.72. The van der Waals surface area contributed by atoms with Crippen LogP contribution in [-0.2, 0) is 27.2 Å². The zero-order valence-corrected chi connectivity index (χ0v) is 18.0. The fraction of sp³-hybridized carbons (Fsp3) is 0.474. The molecule has 0 saturated heterocycles. The summed E-state index contributed by atoms with van der Waals surface area (Å²) in [5.41, 5.74) is 2.36. The number of methoxy groups -OCH3 is 1. The van der Waals surface area contributed by atoms with Gasteiger partial charge in [0.2, 0.25) is 0 Å². The van der Waals surface area contributed by atoms with Gasteiger partial charge >= 0.3 is 30.8 Å². The molecular formula is C19H27LiO5S2. The van der Waals surface area contributed by atoms with Crippen LogP contribution in [0, 0.1) is 11.8 Å².